The summed E-state index contributed by atoms with van der Waals surface area (Å²) in [6, 6.07) is 12.4. The lowest BCUT2D eigenvalue weighted by Crippen LogP contribution is -2.09. The third-order valence-electron chi connectivity index (χ3n) is 6.27. The Labute approximate surface area is 196 Å². The molecule has 0 spiro atoms. The van der Waals surface area contributed by atoms with E-state index in [1.165, 1.54) is 82.4 Å². The van der Waals surface area contributed by atoms with Crippen molar-refractivity contribution in [3.63, 3.8) is 0 Å². The summed E-state index contributed by atoms with van der Waals surface area (Å²) >= 11 is 0. The molecule has 2 rings (SSSR count). The topological polar surface area (TPSA) is 26.3 Å². The summed E-state index contributed by atoms with van der Waals surface area (Å²) in [7, 11) is 0. The molecule has 0 amide bonds. The summed E-state index contributed by atoms with van der Waals surface area (Å²) in [5, 5.41) is 2.31. The Morgan fingerprint density at radius 3 is 1.88 bits per heavy atom. The lowest BCUT2D eigenvalue weighted by Gasteiger charge is -2.07. The van der Waals surface area contributed by atoms with Crippen molar-refractivity contribution in [2.45, 2.75) is 103 Å². The van der Waals surface area contributed by atoms with Gasteiger partial charge in [-0.15, -0.1) is 0 Å². The van der Waals surface area contributed by atoms with Crippen molar-refractivity contribution >= 4 is 22.8 Å². The quantitative estimate of drug-likeness (QED) is 0.172. The Hall–Kier alpha value is -2.09. The molecular weight excluding hydrogens is 392 g/mol. The minimum Gasteiger partial charge on any atom is -0.465 e. The Morgan fingerprint density at radius 1 is 0.750 bits per heavy atom. The average Bonchev–Trinajstić information content (AvgIpc) is 2.81. The molecule has 2 nitrogen and oxygen atoms in total. The monoisotopic (exact) mass is 436 g/mol. The van der Waals surface area contributed by atoms with E-state index in [4.69, 9.17) is 4.74 Å². The first-order chi connectivity index (χ1) is 15.7. The summed E-state index contributed by atoms with van der Waals surface area (Å²) < 4.78 is 5.45. The van der Waals surface area contributed by atoms with Crippen LogP contribution >= 0.6 is 0 Å². The SMILES string of the molecule is C=Cc1ccc2cc(CC(=O)OCCCCCCCCCCCCCCCC)ccc2c1. The number of benzene rings is 2. The van der Waals surface area contributed by atoms with Gasteiger partial charge in [0.1, 0.15) is 0 Å². The molecule has 2 heteroatoms. The van der Waals surface area contributed by atoms with E-state index in [9.17, 15) is 4.79 Å². The van der Waals surface area contributed by atoms with Crippen molar-refractivity contribution < 1.29 is 9.53 Å². The van der Waals surface area contributed by atoms with Gasteiger partial charge < -0.3 is 4.74 Å². The molecule has 0 aliphatic carbocycles. The van der Waals surface area contributed by atoms with Crippen LogP contribution in [0.4, 0.5) is 0 Å². The fraction of sp³-hybridized carbons (Fsp3) is 0.567. The second kappa shape index (κ2) is 16.5. The van der Waals surface area contributed by atoms with Crippen molar-refractivity contribution in [3.05, 3.63) is 54.1 Å². The van der Waals surface area contributed by atoms with Crippen molar-refractivity contribution in [2.24, 2.45) is 0 Å². The van der Waals surface area contributed by atoms with Crippen molar-refractivity contribution in [1.82, 2.24) is 0 Å². The smallest absolute Gasteiger partial charge is 0.310 e. The normalized spacial score (nSPS) is 11.0. The molecule has 0 radical (unpaired) electrons. The van der Waals surface area contributed by atoms with E-state index in [2.05, 4.69) is 37.8 Å². The summed E-state index contributed by atoms with van der Waals surface area (Å²) in [5.74, 6) is -0.123. The highest BCUT2D eigenvalue weighted by atomic mass is 16.5. The second-order valence-electron chi connectivity index (χ2n) is 9.14. The summed E-state index contributed by atoms with van der Waals surface area (Å²) in [6.07, 6.45) is 20.9. The standard InChI is InChI=1S/C30H44O2/c1-3-5-6-7-8-9-10-11-12-13-14-15-16-17-22-32-30(31)25-27-19-21-28-23-26(4-2)18-20-29(28)24-27/h4,18-21,23-24H,2-3,5-17,22,25H2,1H3. The fourth-order valence-corrected chi connectivity index (χ4v) is 4.25. The Kier molecular flexibility index (Phi) is 13.5. The molecule has 0 saturated carbocycles. The maximum Gasteiger partial charge on any atom is 0.310 e. The van der Waals surface area contributed by atoms with Gasteiger partial charge in [0, 0.05) is 0 Å². The number of hydrogen-bond acceptors (Lipinski definition) is 2. The fourth-order valence-electron chi connectivity index (χ4n) is 4.25. The van der Waals surface area contributed by atoms with Gasteiger partial charge in [0.2, 0.25) is 0 Å². The van der Waals surface area contributed by atoms with Crippen LogP contribution in [0.5, 0.6) is 0 Å². The number of fused-ring (bicyclic) bond motifs is 1. The maximum atomic E-state index is 12.1. The molecule has 0 aromatic heterocycles. The molecule has 0 heterocycles. The predicted molar refractivity (Wildman–Crippen MR) is 139 cm³/mol. The van der Waals surface area contributed by atoms with Gasteiger partial charge >= 0.3 is 5.97 Å². The van der Waals surface area contributed by atoms with Crippen molar-refractivity contribution in [2.75, 3.05) is 6.61 Å². The van der Waals surface area contributed by atoms with Gasteiger partial charge in [0.15, 0.2) is 0 Å². The van der Waals surface area contributed by atoms with E-state index in [1.807, 2.05) is 18.2 Å². The third-order valence-corrected chi connectivity index (χ3v) is 6.27. The molecule has 0 fully saturated rings. The van der Waals surface area contributed by atoms with Crippen LogP contribution < -0.4 is 0 Å². The van der Waals surface area contributed by atoms with Crippen LogP contribution in [0.15, 0.2) is 43.0 Å². The molecule has 0 N–H and O–H groups in total. The third kappa shape index (κ3) is 11.0. The Bertz CT molecular complexity index is 793. The van der Waals surface area contributed by atoms with Crippen LogP contribution in [-0.2, 0) is 16.0 Å². The Morgan fingerprint density at radius 2 is 1.28 bits per heavy atom. The minimum atomic E-state index is -0.123. The average molecular weight is 437 g/mol. The molecule has 0 aliphatic heterocycles. The molecule has 0 bridgehead atoms. The highest BCUT2D eigenvalue weighted by Crippen LogP contribution is 2.19. The van der Waals surface area contributed by atoms with Gasteiger partial charge in [-0.1, -0.05) is 133 Å². The van der Waals surface area contributed by atoms with Crippen LogP contribution in [0.2, 0.25) is 0 Å². The largest absolute Gasteiger partial charge is 0.465 e. The number of carbonyl (C=O) groups is 1. The lowest BCUT2D eigenvalue weighted by molar-refractivity contribution is -0.142. The van der Waals surface area contributed by atoms with Crippen LogP contribution in [-0.4, -0.2) is 12.6 Å². The lowest BCUT2D eigenvalue weighted by atomic mass is 10.0. The highest BCUT2D eigenvalue weighted by molar-refractivity contribution is 5.86. The van der Waals surface area contributed by atoms with E-state index in [0.717, 1.165) is 29.4 Å². The summed E-state index contributed by atoms with van der Waals surface area (Å²) in [4.78, 5) is 12.1. The number of esters is 1. The maximum absolute atomic E-state index is 12.1. The second-order valence-corrected chi connectivity index (χ2v) is 9.14. The number of unbranched alkanes of at least 4 members (excludes halogenated alkanes) is 13. The van der Waals surface area contributed by atoms with Crippen LogP contribution in [0.25, 0.3) is 16.8 Å². The predicted octanol–water partition coefficient (Wildman–Crippen LogP) is 9.05. The van der Waals surface area contributed by atoms with Crippen LogP contribution in [0, 0.1) is 0 Å². The summed E-state index contributed by atoms with van der Waals surface area (Å²) in [6.45, 7) is 6.64. The van der Waals surface area contributed by atoms with Crippen molar-refractivity contribution in [3.8, 4) is 0 Å². The first-order valence-electron chi connectivity index (χ1n) is 13.0. The highest BCUT2D eigenvalue weighted by Gasteiger charge is 2.06. The number of carbonyl (C=O) groups excluding carboxylic acids is 1. The van der Waals surface area contributed by atoms with E-state index in [1.54, 1.807) is 0 Å². The van der Waals surface area contributed by atoms with Gasteiger partial charge in [-0.05, 0) is 34.4 Å². The zero-order chi connectivity index (χ0) is 22.9. The van der Waals surface area contributed by atoms with Gasteiger partial charge in [-0.3, -0.25) is 4.79 Å². The molecule has 2 aromatic rings. The minimum absolute atomic E-state index is 0.123. The first kappa shape index (κ1) is 26.2. The van der Waals surface area contributed by atoms with Gasteiger partial charge in [-0.25, -0.2) is 0 Å². The zero-order valence-corrected chi connectivity index (χ0v) is 20.4. The Balaban J connectivity index is 1.45. The van der Waals surface area contributed by atoms with Crippen molar-refractivity contribution in [1.29, 1.82) is 0 Å². The molecule has 0 atom stereocenters. The van der Waals surface area contributed by atoms with Crippen LogP contribution in [0.1, 0.15) is 108 Å². The first-order valence-corrected chi connectivity index (χ1v) is 13.0. The zero-order valence-electron chi connectivity index (χ0n) is 20.4. The van der Waals surface area contributed by atoms with Gasteiger partial charge in [0.25, 0.3) is 0 Å². The van der Waals surface area contributed by atoms with E-state index in [0.29, 0.717) is 13.0 Å². The molecule has 0 unspecified atom stereocenters. The molecular formula is C30H44O2. The molecule has 0 saturated heterocycles. The number of rotatable bonds is 18. The van der Waals surface area contributed by atoms with Crippen LogP contribution in [0.3, 0.4) is 0 Å². The van der Waals surface area contributed by atoms with Gasteiger partial charge in [0.05, 0.1) is 13.0 Å². The van der Waals surface area contributed by atoms with E-state index >= 15 is 0 Å². The van der Waals surface area contributed by atoms with E-state index < -0.39 is 0 Å². The molecule has 176 valence electrons. The number of ether oxygens (including phenoxy) is 1. The van der Waals surface area contributed by atoms with E-state index in [-0.39, 0.29) is 5.97 Å². The number of hydrogen-bond donors (Lipinski definition) is 0. The molecule has 32 heavy (non-hydrogen) atoms. The molecule has 2 aromatic carbocycles. The summed E-state index contributed by atoms with van der Waals surface area (Å²) in [5.41, 5.74) is 2.12. The molecule has 0 aliphatic rings. The van der Waals surface area contributed by atoms with Gasteiger partial charge in [-0.2, -0.15) is 0 Å².